The minimum absolute atomic E-state index is 1.31. The minimum Gasteiger partial charge on any atom is -0.193 e. The summed E-state index contributed by atoms with van der Waals surface area (Å²) in [5, 5.41) is 7.97. The highest BCUT2D eigenvalue weighted by atomic mass is 14.2. The molecule has 0 amide bonds. The SMILES string of the molecule is C(=C1CC1)c1ccccc1.C=CC=CC=CC#N. The van der Waals surface area contributed by atoms with Crippen molar-refractivity contribution in [3.05, 3.63) is 78.4 Å². The third-order valence-corrected chi connectivity index (χ3v) is 2.24. The first-order valence-electron chi connectivity index (χ1n) is 5.95. The molecule has 1 nitrogen and oxygen atoms in total. The van der Waals surface area contributed by atoms with E-state index in [0.29, 0.717) is 0 Å². The van der Waals surface area contributed by atoms with E-state index >= 15 is 0 Å². The molecule has 0 aliphatic heterocycles. The maximum atomic E-state index is 7.97. The molecule has 0 radical (unpaired) electrons. The Morgan fingerprint density at radius 3 is 2.33 bits per heavy atom. The molecule has 1 aromatic carbocycles. The van der Waals surface area contributed by atoms with Gasteiger partial charge in [0.2, 0.25) is 0 Å². The van der Waals surface area contributed by atoms with Gasteiger partial charge in [-0.1, -0.05) is 72.9 Å². The number of nitriles is 1. The normalized spacial score (nSPS) is 12.7. The van der Waals surface area contributed by atoms with Crippen LogP contribution in [0.2, 0.25) is 0 Å². The summed E-state index contributed by atoms with van der Waals surface area (Å²) in [5.41, 5.74) is 2.93. The van der Waals surface area contributed by atoms with Crippen LogP contribution >= 0.6 is 0 Å². The van der Waals surface area contributed by atoms with Gasteiger partial charge in [-0.25, -0.2) is 0 Å². The highest BCUT2D eigenvalue weighted by Crippen LogP contribution is 2.29. The first kappa shape index (κ1) is 13.7. The fraction of sp³-hybridized carbons (Fsp3) is 0.118. The van der Waals surface area contributed by atoms with Crippen molar-refractivity contribution in [1.82, 2.24) is 0 Å². The van der Waals surface area contributed by atoms with Crippen LogP contribution in [0.5, 0.6) is 0 Å². The molecule has 90 valence electrons. The Balaban J connectivity index is 0.000000187. The van der Waals surface area contributed by atoms with E-state index in [1.54, 1.807) is 29.9 Å². The van der Waals surface area contributed by atoms with Gasteiger partial charge in [-0.3, -0.25) is 0 Å². The summed E-state index contributed by atoms with van der Waals surface area (Å²) in [6, 6.07) is 12.4. The maximum absolute atomic E-state index is 7.97. The van der Waals surface area contributed by atoms with Crippen LogP contribution in [-0.4, -0.2) is 0 Å². The van der Waals surface area contributed by atoms with Crippen LogP contribution in [-0.2, 0) is 0 Å². The van der Waals surface area contributed by atoms with Crippen molar-refractivity contribution in [3.8, 4) is 6.07 Å². The molecule has 1 fully saturated rings. The lowest BCUT2D eigenvalue weighted by Crippen LogP contribution is -1.66. The molecular formula is C17H17N. The summed E-state index contributed by atoms with van der Waals surface area (Å²) in [4.78, 5) is 0. The zero-order valence-electron chi connectivity index (χ0n) is 10.4. The first-order chi connectivity index (χ1) is 8.86. The van der Waals surface area contributed by atoms with Crippen molar-refractivity contribution in [1.29, 1.82) is 5.26 Å². The molecule has 0 heterocycles. The van der Waals surface area contributed by atoms with Gasteiger partial charge >= 0.3 is 0 Å². The Kier molecular flexibility index (Phi) is 6.70. The van der Waals surface area contributed by atoms with Crippen LogP contribution in [0.3, 0.4) is 0 Å². The molecule has 0 spiro atoms. The summed E-state index contributed by atoms with van der Waals surface area (Å²) in [6.07, 6.45) is 13.1. The molecule has 0 atom stereocenters. The minimum atomic E-state index is 1.31. The average molecular weight is 235 g/mol. The van der Waals surface area contributed by atoms with Gasteiger partial charge in [0, 0.05) is 6.08 Å². The van der Waals surface area contributed by atoms with E-state index in [4.69, 9.17) is 5.26 Å². The van der Waals surface area contributed by atoms with Crippen LogP contribution in [0.1, 0.15) is 18.4 Å². The lowest BCUT2D eigenvalue weighted by atomic mass is 10.2. The van der Waals surface area contributed by atoms with Crippen LogP contribution in [0, 0.1) is 11.3 Å². The Morgan fingerprint density at radius 1 is 1.06 bits per heavy atom. The predicted octanol–water partition coefficient (Wildman–Crippen LogP) is 4.67. The second-order valence-corrected chi connectivity index (χ2v) is 3.82. The van der Waals surface area contributed by atoms with Gasteiger partial charge in [0.1, 0.15) is 0 Å². The van der Waals surface area contributed by atoms with E-state index in [1.807, 2.05) is 6.07 Å². The fourth-order valence-electron chi connectivity index (χ4n) is 1.24. The Labute approximate surface area is 109 Å². The molecule has 18 heavy (non-hydrogen) atoms. The highest BCUT2D eigenvalue weighted by molar-refractivity contribution is 5.55. The van der Waals surface area contributed by atoms with E-state index < -0.39 is 0 Å². The van der Waals surface area contributed by atoms with Crippen LogP contribution in [0.4, 0.5) is 0 Å². The van der Waals surface area contributed by atoms with E-state index in [9.17, 15) is 0 Å². The van der Waals surface area contributed by atoms with E-state index in [0.717, 1.165) is 0 Å². The smallest absolute Gasteiger partial charge is 0.0912 e. The molecule has 1 aromatic rings. The standard InChI is InChI=1S/C10H10.C7H7N/c1-2-4-9(5-3-1)8-10-6-7-10;1-2-3-4-5-6-7-8/h1-5,8H,6-7H2;2-6H,1H2. The molecule has 2 rings (SSSR count). The summed E-state index contributed by atoms with van der Waals surface area (Å²) in [6.45, 7) is 3.45. The summed E-state index contributed by atoms with van der Waals surface area (Å²) >= 11 is 0. The summed E-state index contributed by atoms with van der Waals surface area (Å²) in [5.74, 6) is 0. The Hall–Kier alpha value is -2.33. The third-order valence-electron chi connectivity index (χ3n) is 2.24. The lowest BCUT2D eigenvalue weighted by molar-refractivity contribution is 1.50. The van der Waals surface area contributed by atoms with E-state index in [1.165, 1.54) is 24.5 Å². The highest BCUT2D eigenvalue weighted by Gasteiger charge is 2.09. The van der Waals surface area contributed by atoms with Crippen LogP contribution in [0.25, 0.3) is 6.08 Å². The van der Waals surface area contributed by atoms with E-state index in [2.05, 4.69) is 43.0 Å². The second kappa shape index (κ2) is 8.78. The number of allylic oxidation sites excluding steroid dienone is 6. The van der Waals surface area contributed by atoms with Crippen molar-refractivity contribution in [2.24, 2.45) is 0 Å². The summed E-state index contributed by atoms with van der Waals surface area (Å²) < 4.78 is 0. The molecule has 1 saturated carbocycles. The fourth-order valence-corrected chi connectivity index (χ4v) is 1.24. The van der Waals surface area contributed by atoms with Crippen molar-refractivity contribution < 1.29 is 0 Å². The van der Waals surface area contributed by atoms with Crippen LogP contribution in [0.15, 0.2) is 72.9 Å². The van der Waals surface area contributed by atoms with Gasteiger partial charge in [0.05, 0.1) is 6.07 Å². The zero-order valence-corrected chi connectivity index (χ0v) is 10.4. The topological polar surface area (TPSA) is 23.8 Å². The molecular weight excluding hydrogens is 218 g/mol. The molecule has 0 N–H and O–H groups in total. The molecule has 1 aliphatic carbocycles. The van der Waals surface area contributed by atoms with Gasteiger partial charge < -0.3 is 0 Å². The van der Waals surface area contributed by atoms with Gasteiger partial charge in [0.15, 0.2) is 0 Å². The van der Waals surface area contributed by atoms with E-state index in [-0.39, 0.29) is 0 Å². The van der Waals surface area contributed by atoms with Crippen LogP contribution < -0.4 is 0 Å². The zero-order chi connectivity index (χ0) is 13.1. The lowest BCUT2D eigenvalue weighted by Gasteiger charge is -1.87. The third kappa shape index (κ3) is 7.03. The van der Waals surface area contributed by atoms with Gasteiger partial charge in [-0.05, 0) is 18.4 Å². The monoisotopic (exact) mass is 235 g/mol. The molecule has 0 bridgehead atoms. The maximum Gasteiger partial charge on any atom is 0.0912 e. The number of benzene rings is 1. The predicted molar refractivity (Wildman–Crippen MR) is 77.7 cm³/mol. The van der Waals surface area contributed by atoms with Gasteiger partial charge in [0.25, 0.3) is 0 Å². The van der Waals surface area contributed by atoms with Gasteiger partial charge in [-0.15, -0.1) is 0 Å². The van der Waals surface area contributed by atoms with Gasteiger partial charge in [-0.2, -0.15) is 5.26 Å². The number of nitrogens with zero attached hydrogens (tertiary/aromatic N) is 1. The Bertz CT molecular complexity index is 478. The average Bonchev–Trinajstić information content (AvgIpc) is 3.21. The number of hydrogen-bond acceptors (Lipinski definition) is 1. The number of rotatable bonds is 3. The summed E-state index contributed by atoms with van der Waals surface area (Å²) in [7, 11) is 0. The molecule has 0 saturated heterocycles. The van der Waals surface area contributed by atoms with Crippen molar-refractivity contribution >= 4 is 6.08 Å². The first-order valence-corrected chi connectivity index (χ1v) is 5.95. The largest absolute Gasteiger partial charge is 0.193 e. The number of hydrogen-bond donors (Lipinski definition) is 0. The quantitative estimate of drug-likeness (QED) is 0.551. The second-order valence-electron chi connectivity index (χ2n) is 3.82. The molecule has 1 aliphatic rings. The Morgan fingerprint density at radius 2 is 1.78 bits per heavy atom. The molecule has 0 aromatic heterocycles. The molecule has 0 unspecified atom stereocenters. The van der Waals surface area contributed by atoms with Crippen molar-refractivity contribution in [2.45, 2.75) is 12.8 Å². The van der Waals surface area contributed by atoms with Crippen molar-refractivity contribution in [3.63, 3.8) is 0 Å². The molecule has 1 heteroatoms. The van der Waals surface area contributed by atoms with Crippen molar-refractivity contribution in [2.75, 3.05) is 0 Å².